The van der Waals surface area contributed by atoms with Crippen LogP contribution in [0.4, 0.5) is 8.78 Å². The number of ether oxygens (including phenoxy) is 1. The third kappa shape index (κ3) is 5.46. The van der Waals surface area contributed by atoms with Gasteiger partial charge in [0, 0.05) is 24.8 Å². The molecular formula is C15H22BrF2NO. The van der Waals surface area contributed by atoms with Crippen LogP contribution in [0.15, 0.2) is 16.6 Å². The van der Waals surface area contributed by atoms with Gasteiger partial charge in [-0.1, -0.05) is 6.92 Å². The molecule has 1 N–H and O–H groups in total. The van der Waals surface area contributed by atoms with Crippen molar-refractivity contribution in [2.24, 2.45) is 0 Å². The number of likely N-dealkylation sites (N-methyl/N-ethyl adjacent to an activating group) is 1. The lowest BCUT2D eigenvalue weighted by Crippen LogP contribution is -2.32. The molecule has 0 bridgehead atoms. The van der Waals surface area contributed by atoms with Crippen LogP contribution in [0, 0.1) is 11.6 Å². The smallest absolute Gasteiger partial charge is 0.143 e. The first kappa shape index (κ1) is 17.5. The maximum absolute atomic E-state index is 14.0. The van der Waals surface area contributed by atoms with Crippen LogP contribution in [0.5, 0.6) is 0 Å². The number of benzene rings is 1. The molecule has 0 aromatic heterocycles. The molecule has 5 heteroatoms. The number of halogens is 3. The van der Waals surface area contributed by atoms with Gasteiger partial charge in [0.2, 0.25) is 0 Å². The Labute approximate surface area is 128 Å². The zero-order chi connectivity index (χ0) is 15.0. The fraction of sp³-hybridized carbons (Fsp3) is 0.600. The standard InChI is InChI=1S/C15H22BrF2NO/c1-3-19-11(6-5-9-20-4-2)10-12-14(17)8-7-13(16)15(12)18/h7-8,11,19H,3-6,9-10H2,1-2H3. The maximum atomic E-state index is 14.0. The van der Waals surface area contributed by atoms with E-state index in [0.29, 0.717) is 24.1 Å². The molecule has 0 saturated heterocycles. The SMILES string of the molecule is CCNC(CCCOCC)Cc1c(F)ccc(Br)c1F. The quantitative estimate of drug-likeness (QED) is 0.536. The highest BCUT2D eigenvalue weighted by molar-refractivity contribution is 9.10. The fourth-order valence-corrected chi connectivity index (χ4v) is 2.52. The summed E-state index contributed by atoms with van der Waals surface area (Å²) in [6, 6.07) is 2.75. The topological polar surface area (TPSA) is 21.3 Å². The molecule has 0 heterocycles. The second kappa shape index (κ2) is 9.42. The van der Waals surface area contributed by atoms with Crippen LogP contribution in [0.2, 0.25) is 0 Å². The predicted octanol–water partition coefficient (Wildman–Crippen LogP) is 4.06. The summed E-state index contributed by atoms with van der Waals surface area (Å²) >= 11 is 3.10. The molecule has 0 saturated carbocycles. The Balaban J connectivity index is 2.67. The van der Waals surface area contributed by atoms with E-state index < -0.39 is 11.6 Å². The Morgan fingerprint density at radius 2 is 2.05 bits per heavy atom. The molecule has 0 aliphatic carbocycles. The molecule has 2 nitrogen and oxygen atoms in total. The summed E-state index contributed by atoms with van der Waals surface area (Å²) in [5, 5.41) is 3.28. The van der Waals surface area contributed by atoms with Crippen LogP contribution >= 0.6 is 15.9 Å². The molecule has 1 unspecified atom stereocenters. The van der Waals surface area contributed by atoms with Crippen molar-refractivity contribution < 1.29 is 13.5 Å². The Morgan fingerprint density at radius 1 is 1.30 bits per heavy atom. The third-order valence-corrected chi connectivity index (χ3v) is 3.74. The molecule has 1 aromatic rings. The van der Waals surface area contributed by atoms with Gasteiger partial charge in [-0.15, -0.1) is 0 Å². The lowest BCUT2D eigenvalue weighted by atomic mass is 10.0. The zero-order valence-electron chi connectivity index (χ0n) is 12.0. The summed E-state index contributed by atoms with van der Waals surface area (Å²) in [5.74, 6) is -0.990. The summed E-state index contributed by atoms with van der Waals surface area (Å²) in [4.78, 5) is 0. The van der Waals surface area contributed by atoms with Crippen LogP contribution in [-0.4, -0.2) is 25.8 Å². The molecule has 0 radical (unpaired) electrons. The largest absolute Gasteiger partial charge is 0.382 e. The lowest BCUT2D eigenvalue weighted by molar-refractivity contribution is 0.140. The second-order valence-corrected chi connectivity index (χ2v) is 5.47. The minimum absolute atomic E-state index is 0.0544. The molecule has 20 heavy (non-hydrogen) atoms. The first-order chi connectivity index (χ1) is 9.60. The van der Waals surface area contributed by atoms with Crippen molar-refractivity contribution in [1.82, 2.24) is 5.32 Å². The summed E-state index contributed by atoms with van der Waals surface area (Å²) in [6.07, 6.45) is 2.05. The molecule has 0 aliphatic heterocycles. The predicted molar refractivity (Wildman–Crippen MR) is 81.0 cm³/mol. The van der Waals surface area contributed by atoms with Crippen molar-refractivity contribution in [3.63, 3.8) is 0 Å². The van der Waals surface area contributed by atoms with Crippen LogP contribution in [0.25, 0.3) is 0 Å². The molecule has 0 aliphatic rings. The van der Waals surface area contributed by atoms with E-state index in [-0.39, 0.29) is 11.6 Å². The molecule has 1 rings (SSSR count). The Morgan fingerprint density at radius 3 is 2.70 bits per heavy atom. The van der Waals surface area contributed by atoms with Crippen molar-refractivity contribution in [3.8, 4) is 0 Å². The summed E-state index contributed by atoms with van der Waals surface area (Å²) in [6.45, 7) is 6.09. The van der Waals surface area contributed by atoms with Gasteiger partial charge in [0.25, 0.3) is 0 Å². The Kier molecular flexibility index (Phi) is 8.26. The highest BCUT2D eigenvalue weighted by Crippen LogP contribution is 2.23. The van der Waals surface area contributed by atoms with Gasteiger partial charge >= 0.3 is 0 Å². The molecule has 0 amide bonds. The van der Waals surface area contributed by atoms with Crippen molar-refractivity contribution in [2.75, 3.05) is 19.8 Å². The van der Waals surface area contributed by atoms with E-state index in [1.54, 1.807) is 0 Å². The first-order valence-corrected chi connectivity index (χ1v) is 7.82. The number of hydrogen-bond acceptors (Lipinski definition) is 2. The minimum atomic E-state index is -0.502. The molecule has 114 valence electrons. The van der Waals surface area contributed by atoms with Gasteiger partial charge in [-0.05, 0) is 60.8 Å². The highest BCUT2D eigenvalue weighted by atomic mass is 79.9. The summed E-state index contributed by atoms with van der Waals surface area (Å²) < 4.78 is 33.3. The van der Waals surface area contributed by atoms with Gasteiger partial charge in [-0.25, -0.2) is 8.78 Å². The van der Waals surface area contributed by atoms with E-state index in [0.717, 1.165) is 19.4 Å². The summed E-state index contributed by atoms with van der Waals surface area (Å²) in [5.41, 5.74) is 0.140. The van der Waals surface area contributed by atoms with Crippen molar-refractivity contribution in [3.05, 3.63) is 33.8 Å². The van der Waals surface area contributed by atoms with Gasteiger partial charge in [-0.3, -0.25) is 0 Å². The van der Waals surface area contributed by atoms with E-state index >= 15 is 0 Å². The average Bonchev–Trinajstić information content (AvgIpc) is 2.43. The third-order valence-electron chi connectivity index (χ3n) is 3.13. The highest BCUT2D eigenvalue weighted by Gasteiger charge is 2.17. The van der Waals surface area contributed by atoms with Gasteiger partial charge < -0.3 is 10.1 Å². The molecular weight excluding hydrogens is 328 g/mol. The van der Waals surface area contributed by atoms with Crippen LogP contribution in [-0.2, 0) is 11.2 Å². The van der Waals surface area contributed by atoms with Gasteiger partial charge in [0.15, 0.2) is 0 Å². The molecule has 0 fully saturated rings. The second-order valence-electron chi connectivity index (χ2n) is 4.62. The zero-order valence-corrected chi connectivity index (χ0v) is 13.6. The maximum Gasteiger partial charge on any atom is 0.143 e. The van der Waals surface area contributed by atoms with E-state index in [2.05, 4.69) is 21.2 Å². The summed E-state index contributed by atoms with van der Waals surface area (Å²) in [7, 11) is 0. The van der Waals surface area contributed by atoms with E-state index in [9.17, 15) is 8.78 Å². The van der Waals surface area contributed by atoms with E-state index in [1.165, 1.54) is 12.1 Å². The molecule has 1 atom stereocenters. The van der Waals surface area contributed by atoms with Crippen molar-refractivity contribution in [2.45, 2.75) is 39.2 Å². The average molecular weight is 350 g/mol. The first-order valence-electron chi connectivity index (χ1n) is 7.03. The number of nitrogens with one attached hydrogen (secondary N) is 1. The number of hydrogen-bond donors (Lipinski definition) is 1. The van der Waals surface area contributed by atoms with Gasteiger partial charge in [0.1, 0.15) is 11.6 Å². The van der Waals surface area contributed by atoms with Crippen molar-refractivity contribution >= 4 is 15.9 Å². The normalized spacial score (nSPS) is 12.7. The van der Waals surface area contributed by atoms with E-state index in [1.807, 2.05) is 13.8 Å². The van der Waals surface area contributed by atoms with E-state index in [4.69, 9.17) is 4.74 Å². The molecule has 0 spiro atoms. The number of rotatable bonds is 9. The Hall–Kier alpha value is -0.520. The lowest BCUT2D eigenvalue weighted by Gasteiger charge is -2.19. The van der Waals surface area contributed by atoms with Crippen LogP contribution < -0.4 is 5.32 Å². The molecule has 1 aromatic carbocycles. The van der Waals surface area contributed by atoms with Crippen molar-refractivity contribution in [1.29, 1.82) is 0 Å². The van der Waals surface area contributed by atoms with Gasteiger partial charge in [-0.2, -0.15) is 0 Å². The van der Waals surface area contributed by atoms with Crippen LogP contribution in [0.1, 0.15) is 32.3 Å². The fourth-order valence-electron chi connectivity index (χ4n) is 2.14. The van der Waals surface area contributed by atoms with Crippen LogP contribution in [0.3, 0.4) is 0 Å². The van der Waals surface area contributed by atoms with Gasteiger partial charge in [0.05, 0.1) is 4.47 Å². The minimum Gasteiger partial charge on any atom is -0.382 e. The monoisotopic (exact) mass is 349 g/mol. The Bertz CT molecular complexity index is 415.